The first-order chi connectivity index (χ1) is 19.7. The number of piperidine rings is 1. The predicted octanol–water partition coefficient (Wildman–Crippen LogP) is 3.23. The normalized spacial score (nSPS) is 24.4. The van der Waals surface area contributed by atoms with Gasteiger partial charge in [0.1, 0.15) is 12.1 Å². The molecular formula is C32H51N5O5. The molecule has 1 heterocycles. The number of nitrogens with one attached hydrogen (secondary N) is 4. The summed E-state index contributed by atoms with van der Waals surface area (Å²) in [6, 6.07) is -2.99. The molecule has 3 rings (SSSR count). The van der Waals surface area contributed by atoms with E-state index in [1.54, 1.807) is 17.1 Å². The number of allylic oxidation sites excluding steroid dienone is 1. The Bertz CT molecular complexity index is 1060. The van der Waals surface area contributed by atoms with E-state index in [4.69, 9.17) is 0 Å². The lowest BCUT2D eigenvalue weighted by Crippen LogP contribution is -2.61. The van der Waals surface area contributed by atoms with Crippen molar-refractivity contribution in [3.8, 4) is 0 Å². The number of Topliss-reactive ketones (excluding diaryl/α,β-unsaturated/α-hetero) is 1. The molecule has 3 fully saturated rings. The van der Waals surface area contributed by atoms with E-state index in [1.165, 1.54) is 0 Å². The highest BCUT2D eigenvalue weighted by molar-refractivity contribution is 6.38. The summed E-state index contributed by atoms with van der Waals surface area (Å²) in [7, 11) is 0. The van der Waals surface area contributed by atoms with Gasteiger partial charge in [0.2, 0.25) is 17.6 Å². The van der Waals surface area contributed by atoms with E-state index < -0.39 is 47.3 Å². The SMILES string of the molecule is C=CCCNC(=O)C(=O)C(CCC=C)NC(=O)[C@@H]1[C@@H]2[C@H](CN1C(=O)[C@@H](NC(=O)NC(C)(C)C)C1CCCCC1)C2(C)C. The molecule has 2 aliphatic carbocycles. The highest BCUT2D eigenvalue weighted by Gasteiger charge is 2.69. The molecule has 1 unspecified atom stereocenters. The number of amides is 5. The van der Waals surface area contributed by atoms with Crippen LogP contribution >= 0.6 is 0 Å². The molecule has 0 spiro atoms. The first-order valence-electron chi connectivity index (χ1n) is 15.5. The standard InChI is InChI=1S/C32H51N5O5/c1-8-10-17-22(26(38)28(40)33-18-11-9-2)34-27(39)25-23-21(32(23,6)7)19-37(25)29(41)24(20-15-13-12-14-16-20)35-30(42)36-31(3,4)5/h8-9,20-25H,1-2,10-19H2,3-7H3,(H,33,40)(H,34,39)(H2,35,36,42)/t21-,22?,23-,24-,25-/m0/s1. The molecule has 0 aromatic heterocycles. The van der Waals surface area contributed by atoms with Crippen molar-refractivity contribution < 1.29 is 24.0 Å². The summed E-state index contributed by atoms with van der Waals surface area (Å²) in [6.07, 6.45) is 9.17. The molecule has 0 bridgehead atoms. The second kappa shape index (κ2) is 13.9. The quantitative estimate of drug-likeness (QED) is 0.149. The van der Waals surface area contributed by atoms with E-state index in [0.717, 1.165) is 32.1 Å². The maximum absolute atomic E-state index is 14.2. The van der Waals surface area contributed by atoms with E-state index >= 15 is 0 Å². The Morgan fingerprint density at radius 3 is 2.21 bits per heavy atom. The molecule has 1 saturated heterocycles. The number of ketones is 1. The van der Waals surface area contributed by atoms with Gasteiger partial charge < -0.3 is 26.2 Å². The second-order valence-corrected chi connectivity index (χ2v) is 13.7. The molecular weight excluding hydrogens is 534 g/mol. The fourth-order valence-corrected chi connectivity index (χ4v) is 6.70. The molecule has 2 saturated carbocycles. The molecule has 0 aromatic carbocycles. The van der Waals surface area contributed by atoms with E-state index in [-0.39, 0.29) is 42.0 Å². The van der Waals surface area contributed by atoms with Crippen LogP contribution in [-0.4, -0.2) is 71.2 Å². The lowest BCUT2D eigenvalue weighted by Gasteiger charge is -2.37. The zero-order chi connectivity index (χ0) is 31.2. The van der Waals surface area contributed by atoms with E-state index in [2.05, 4.69) is 48.3 Å². The Hall–Kier alpha value is -3.17. The first-order valence-corrected chi connectivity index (χ1v) is 15.5. The van der Waals surface area contributed by atoms with E-state index in [1.807, 2.05) is 20.8 Å². The van der Waals surface area contributed by atoms with Crippen LogP contribution in [0.25, 0.3) is 0 Å². The van der Waals surface area contributed by atoms with Crippen LogP contribution in [0.4, 0.5) is 4.79 Å². The maximum Gasteiger partial charge on any atom is 0.315 e. The van der Waals surface area contributed by atoms with Gasteiger partial charge in [-0.1, -0.05) is 45.3 Å². The second-order valence-electron chi connectivity index (χ2n) is 13.7. The predicted molar refractivity (Wildman–Crippen MR) is 162 cm³/mol. The molecule has 234 valence electrons. The van der Waals surface area contributed by atoms with Crippen molar-refractivity contribution in [3.63, 3.8) is 0 Å². The zero-order valence-corrected chi connectivity index (χ0v) is 26.1. The summed E-state index contributed by atoms with van der Waals surface area (Å²) in [5.74, 6) is -2.15. The maximum atomic E-state index is 14.2. The number of urea groups is 1. The van der Waals surface area contributed by atoms with Gasteiger partial charge in [-0.15, -0.1) is 13.2 Å². The molecule has 10 nitrogen and oxygen atoms in total. The van der Waals surface area contributed by atoms with Crippen molar-refractivity contribution in [1.29, 1.82) is 0 Å². The summed E-state index contributed by atoms with van der Waals surface area (Å²) >= 11 is 0. The van der Waals surface area contributed by atoms with Gasteiger partial charge in [0.15, 0.2) is 0 Å². The van der Waals surface area contributed by atoms with Gasteiger partial charge in [-0.2, -0.15) is 0 Å². The number of fused-ring (bicyclic) bond motifs is 1. The monoisotopic (exact) mass is 585 g/mol. The van der Waals surface area contributed by atoms with Gasteiger partial charge in [0, 0.05) is 18.6 Å². The summed E-state index contributed by atoms with van der Waals surface area (Å²) in [4.78, 5) is 68.3. The Labute approximate surface area is 250 Å². The lowest BCUT2D eigenvalue weighted by atomic mass is 9.83. The smallest absolute Gasteiger partial charge is 0.315 e. The Kier molecular flexibility index (Phi) is 11.0. The highest BCUT2D eigenvalue weighted by atomic mass is 16.2. The Balaban J connectivity index is 1.83. The minimum absolute atomic E-state index is 0.0215. The van der Waals surface area contributed by atoms with Crippen molar-refractivity contribution in [3.05, 3.63) is 25.3 Å². The topological polar surface area (TPSA) is 137 Å². The average molecular weight is 586 g/mol. The summed E-state index contributed by atoms with van der Waals surface area (Å²) in [5, 5.41) is 11.3. The third-order valence-corrected chi connectivity index (χ3v) is 9.07. The molecule has 1 aliphatic heterocycles. The van der Waals surface area contributed by atoms with Gasteiger partial charge >= 0.3 is 6.03 Å². The summed E-state index contributed by atoms with van der Waals surface area (Å²) in [6.45, 7) is 17.8. The van der Waals surface area contributed by atoms with Crippen LogP contribution in [0.3, 0.4) is 0 Å². The van der Waals surface area contributed by atoms with Gasteiger partial charge in [-0.3, -0.25) is 19.2 Å². The number of likely N-dealkylation sites (tertiary alicyclic amines) is 1. The lowest BCUT2D eigenvalue weighted by molar-refractivity contribution is -0.144. The summed E-state index contributed by atoms with van der Waals surface area (Å²) < 4.78 is 0. The molecule has 4 N–H and O–H groups in total. The largest absolute Gasteiger partial charge is 0.349 e. The minimum Gasteiger partial charge on any atom is -0.349 e. The number of nitrogens with zero attached hydrogens (tertiary/aromatic N) is 1. The van der Waals surface area contributed by atoms with E-state index in [9.17, 15) is 24.0 Å². The molecule has 42 heavy (non-hydrogen) atoms. The van der Waals surface area contributed by atoms with Crippen LogP contribution < -0.4 is 21.3 Å². The van der Waals surface area contributed by atoms with Crippen molar-refractivity contribution in [2.45, 2.75) is 110 Å². The van der Waals surface area contributed by atoms with Crippen molar-refractivity contribution >= 4 is 29.5 Å². The summed E-state index contributed by atoms with van der Waals surface area (Å²) in [5.41, 5.74) is -0.615. The molecule has 0 radical (unpaired) electrons. The molecule has 3 aliphatic rings. The fraction of sp³-hybridized carbons (Fsp3) is 0.719. The average Bonchev–Trinajstić information content (AvgIpc) is 3.24. The molecule has 5 amide bonds. The van der Waals surface area contributed by atoms with Crippen LogP contribution in [0.2, 0.25) is 0 Å². The van der Waals surface area contributed by atoms with Gasteiger partial charge in [-0.25, -0.2) is 4.79 Å². The molecule has 10 heteroatoms. The minimum atomic E-state index is -1.04. The van der Waals surface area contributed by atoms with Crippen LogP contribution in [0.1, 0.15) is 86.0 Å². The van der Waals surface area contributed by atoms with Crippen LogP contribution in [0.15, 0.2) is 25.3 Å². The highest BCUT2D eigenvalue weighted by Crippen LogP contribution is 2.65. The van der Waals surface area contributed by atoms with E-state index in [0.29, 0.717) is 19.4 Å². The van der Waals surface area contributed by atoms with Gasteiger partial charge in [-0.05, 0) is 76.0 Å². The van der Waals surface area contributed by atoms with Crippen molar-refractivity contribution in [2.24, 2.45) is 23.2 Å². The number of carbonyl (C=O) groups is 5. The number of carbonyl (C=O) groups excluding carboxylic acids is 5. The molecule has 0 aromatic rings. The third kappa shape index (κ3) is 8.01. The Morgan fingerprint density at radius 2 is 1.62 bits per heavy atom. The van der Waals surface area contributed by atoms with Crippen LogP contribution in [0, 0.1) is 23.2 Å². The number of hydrogen-bond acceptors (Lipinski definition) is 5. The van der Waals surface area contributed by atoms with Gasteiger partial charge in [0.05, 0.1) is 6.04 Å². The number of hydrogen-bond donors (Lipinski definition) is 4. The van der Waals surface area contributed by atoms with Crippen molar-refractivity contribution in [2.75, 3.05) is 13.1 Å². The van der Waals surface area contributed by atoms with Crippen LogP contribution in [0.5, 0.6) is 0 Å². The number of rotatable bonds is 13. The first kappa shape index (κ1) is 33.3. The van der Waals surface area contributed by atoms with Crippen molar-refractivity contribution in [1.82, 2.24) is 26.2 Å². The Morgan fingerprint density at radius 1 is 0.976 bits per heavy atom. The van der Waals surface area contributed by atoms with Gasteiger partial charge in [0.25, 0.3) is 5.91 Å². The van der Waals surface area contributed by atoms with Crippen LogP contribution in [-0.2, 0) is 19.2 Å². The fourth-order valence-electron chi connectivity index (χ4n) is 6.70. The molecule has 5 atom stereocenters. The zero-order valence-electron chi connectivity index (χ0n) is 26.1. The third-order valence-electron chi connectivity index (χ3n) is 9.07.